The number of ether oxygens (including phenoxy) is 1. The van der Waals surface area contributed by atoms with E-state index >= 15 is 0 Å². The molecular weight excluding hydrogens is 262 g/mol. The number of amides is 1. The molecule has 1 atom stereocenters. The van der Waals surface area contributed by atoms with Crippen LogP contribution in [0, 0.1) is 10.1 Å². The van der Waals surface area contributed by atoms with Gasteiger partial charge in [0.25, 0.3) is 11.6 Å². The number of nitrogens with zero attached hydrogens (tertiary/aromatic N) is 2. The van der Waals surface area contributed by atoms with Crippen molar-refractivity contribution in [3.63, 3.8) is 0 Å². The number of benzene rings is 1. The van der Waals surface area contributed by atoms with E-state index < -0.39 is 4.92 Å². The zero-order chi connectivity index (χ0) is 14.7. The molecule has 1 fully saturated rings. The molecule has 0 bridgehead atoms. The molecule has 0 spiro atoms. The maximum atomic E-state index is 12.5. The minimum Gasteiger partial charge on any atom is -0.388 e. The van der Waals surface area contributed by atoms with Crippen molar-refractivity contribution < 1.29 is 14.5 Å². The number of anilines is 1. The van der Waals surface area contributed by atoms with E-state index in [0.717, 1.165) is 0 Å². The van der Waals surface area contributed by atoms with Crippen molar-refractivity contribution in [1.82, 2.24) is 4.90 Å². The van der Waals surface area contributed by atoms with Crippen LogP contribution in [0.3, 0.4) is 0 Å². The minimum absolute atomic E-state index is 0.0563. The summed E-state index contributed by atoms with van der Waals surface area (Å²) < 4.78 is 5.38. The molecule has 1 aromatic carbocycles. The molecule has 20 heavy (non-hydrogen) atoms. The molecule has 2 rings (SSSR count). The van der Waals surface area contributed by atoms with Crippen molar-refractivity contribution in [2.24, 2.45) is 0 Å². The normalized spacial score (nSPS) is 18.7. The summed E-state index contributed by atoms with van der Waals surface area (Å²) in [6.07, 6.45) is -0.0563. The summed E-state index contributed by atoms with van der Waals surface area (Å²) in [4.78, 5) is 24.6. The second-order valence-electron chi connectivity index (χ2n) is 4.67. The maximum Gasteiger partial charge on any atom is 0.282 e. The Labute approximate surface area is 116 Å². The number of nitrogens with one attached hydrogen (secondary N) is 1. The van der Waals surface area contributed by atoms with E-state index in [1.54, 1.807) is 18.0 Å². The van der Waals surface area contributed by atoms with Gasteiger partial charge in [0.15, 0.2) is 0 Å². The number of carbonyl (C=O) groups excluding carboxylic acids is 1. The van der Waals surface area contributed by atoms with Crippen LogP contribution in [-0.2, 0) is 4.74 Å². The number of carbonyl (C=O) groups is 1. The molecule has 1 N–H and O–H groups in total. The van der Waals surface area contributed by atoms with Crippen LogP contribution in [-0.4, -0.2) is 48.6 Å². The molecule has 1 amide bonds. The van der Waals surface area contributed by atoms with Gasteiger partial charge >= 0.3 is 0 Å². The molecular formula is C13H17N3O4. The van der Waals surface area contributed by atoms with Crippen LogP contribution in [0.1, 0.15) is 17.3 Å². The lowest BCUT2D eigenvalue weighted by Gasteiger charge is -2.31. The van der Waals surface area contributed by atoms with Gasteiger partial charge in [-0.05, 0) is 19.1 Å². The lowest BCUT2D eigenvalue weighted by molar-refractivity contribution is -0.385. The van der Waals surface area contributed by atoms with Gasteiger partial charge in [0.2, 0.25) is 0 Å². The summed E-state index contributed by atoms with van der Waals surface area (Å²) in [6, 6.07) is 4.44. The van der Waals surface area contributed by atoms with Gasteiger partial charge in [0.1, 0.15) is 5.56 Å². The second kappa shape index (κ2) is 5.87. The van der Waals surface area contributed by atoms with Crippen molar-refractivity contribution in [2.45, 2.75) is 13.0 Å². The first-order valence-corrected chi connectivity index (χ1v) is 6.40. The number of nitro benzene ring substituents is 1. The summed E-state index contributed by atoms with van der Waals surface area (Å²) in [5, 5.41) is 13.9. The fourth-order valence-electron chi connectivity index (χ4n) is 2.20. The Hall–Kier alpha value is -2.15. The van der Waals surface area contributed by atoms with Crippen LogP contribution in [0.5, 0.6) is 0 Å². The monoisotopic (exact) mass is 279 g/mol. The summed E-state index contributed by atoms with van der Waals surface area (Å²) in [5.41, 5.74) is 0.601. The van der Waals surface area contributed by atoms with Gasteiger partial charge in [-0.2, -0.15) is 0 Å². The SMILES string of the molecule is CNc1ccc([N+](=O)[O-])c(C(=O)N2CCOC(C)C2)c1. The van der Waals surface area contributed by atoms with Crippen LogP contribution < -0.4 is 5.32 Å². The van der Waals surface area contributed by atoms with E-state index in [1.165, 1.54) is 12.1 Å². The van der Waals surface area contributed by atoms with E-state index in [1.807, 2.05) is 6.92 Å². The van der Waals surface area contributed by atoms with Crippen molar-refractivity contribution in [2.75, 3.05) is 32.1 Å². The van der Waals surface area contributed by atoms with Gasteiger partial charge in [0, 0.05) is 31.9 Å². The van der Waals surface area contributed by atoms with E-state index in [-0.39, 0.29) is 23.3 Å². The van der Waals surface area contributed by atoms with Crippen LogP contribution in [0.2, 0.25) is 0 Å². The molecule has 1 heterocycles. The van der Waals surface area contributed by atoms with Gasteiger partial charge in [-0.25, -0.2) is 0 Å². The average molecular weight is 279 g/mol. The first-order chi connectivity index (χ1) is 9.52. The molecule has 0 aliphatic carbocycles. The summed E-state index contributed by atoms with van der Waals surface area (Å²) in [5.74, 6) is -0.330. The smallest absolute Gasteiger partial charge is 0.282 e. The standard InChI is InChI=1S/C13H17N3O4/c1-9-8-15(5-6-20-9)13(17)11-7-10(14-2)3-4-12(11)16(18)19/h3-4,7,9,14H,5-6,8H2,1-2H3. The zero-order valence-corrected chi connectivity index (χ0v) is 11.5. The number of rotatable bonds is 3. The third kappa shape index (κ3) is 2.88. The molecule has 7 heteroatoms. The largest absolute Gasteiger partial charge is 0.388 e. The maximum absolute atomic E-state index is 12.5. The van der Waals surface area contributed by atoms with E-state index in [9.17, 15) is 14.9 Å². The second-order valence-corrected chi connectivity index (χ2v) is 4.67. The topological polar surface area (TPSA) is 84.7 Å². The molecule has 0 radical (unpaired) electrons. The van der Waals surface area contributed by atoms with Crippen LogP contribution >= 0.6 is 0 Å². The Morgan fingerprint density at radius 1 is 1.55 bits per heavy atom. The number of nitro groups is 1. The van der Waals surface area contributed by atoms with E-state index in [2.05, 4.69) is 5.32 Å². The lowest BCUT2D eigenvalue weighted by atomic mass is 10.1. The predicted molar refractivity (Wildman–Crippen MR) is 74.0 cm³/mol. The summed E-state index contributed by atoms with van der Waals surface area (Å²) >= 11 is 0. The Morgan fingerprint density at radius 3 is 2.90 bits per heavy atom. The fraction of sp³-hybridized carbons (Fsp3) is 0.462. The number of hydrogen-bond acceptors (Lipinski definition) is 5. The highest BCUT2D eigenvalue weighted by molar-refractivity contribution is 5.99. The third-order valence-electron chi connectivity index (χ3n) is 3.24. The van der Waals surface area contributed by atoms with Crippen molar-refractivity contribution >= 4 is 17.3 Å². The predicted octanol–water partition coefficient (Wildman–Crippen LogP) is 1.50. The minimum atomic E-state index is -0.531. The Bertz CT molecular complexity index is 532. The number of morpholine rings is 1. The average Bonchev–Trinajstić information content (AvgIpc) is 2.45. The Kier molecular flexibility index (Phi) is 4.19. The quantitative estimate of drug-likeness (QED) is 0.669. The molecule has 1 aliphatic rings. The van der Waals surface area contributed by atoms with Gasteiger partial charge in [-0.15, -0.1) is 0 Å². The molecule has 1 saturated heterocycles. The summed E-state index contributed by atoms with van der Waals surface area (Å²) in [7, 11) is 1.70. The van der Waals surface area contributed by atoms with Crippen LogP contribution in [0.15, 0.2) is 18.2 Å². The van der Waals surface area contributed by atoms with Crippen molar-refractivity contribution in [3.05, 3.63) is 33.9 Å². The van der Waals surface area contributed by atoms with E-state index in [0.29, 0.717) is 25.4 Å². The van der Waals surface area contributed by atoms with Gasteiger partial charge < -0.3 is 15.0 Å². The molecule has 1 aliphatic heterocycles. The fourth-order valence-corrected chi connectivity index (χ4v) is 2.20. The zero-order valence-electron chi connectivity index (χ0n) is 11.5. The Balaban J connectivity index is 2.34. The lowest BCUT2D eigenvalue weighted by Crippen LogP contribution is -2.44. The highest BCUT2D eigenvalue weighted by atomic mass is 16.6. The highest BCUT2D eigenvalue weighted by Crippen LogP contribution is 2.24. The van der Waals surface area contributed by atoms with Gasteiger partial charge in [-0.3, -0.25) is 14.9 Å². The summed E-state index contributed by atoms with van der Waals surface area (Å²) in [6.45, 7) is 3.22. The van der Waals surface area contributed by atoms with Gasteiger partial charge in [0.05, 0.1) is 17.6 Å². The van der Waals surface area contributed by atoms with Crippen molar-refractivity contribution in [3.8, 4) is 0 Å². The Morgan fingerprint density at radius 2 is 2.30 bits per heavy atom. The molecule has 0 saturated carbocycles. The number of hydrogen-bond donors (Lipinski definition) is 1. The van der Waals surface area contributed by atoms with E-state index in [4.69, 9.17) is 4.74 Å². The molecule has 0 aromatic heterocycles. The first kappa shape index (κ1) is 14.3. The first-order valence-electron chi connectivity index (χ1n) is 6.40. The molecule has 1 unspecified atom stereocenters. The molecule has 1 aromatic rings. The van der Waals surface area contributed by atoms with Gasteiger partial charge in [-0.1, -0.05) is 0 Å². The van der Waals surface area contributed by atoms with Crippen molar-refractivity contribution in [1.29, 1.82) is 0 Å². The molecule has 7 nitrogen and oxygen atoms in total. The van der Waals surface area contributed by atoms with Crippen LogP contribution in [0.4, 0.5) is 11.4 Å². The highest BCUT2D eigenvalue weighted by Gasteiger charge is 2.28. The molecule has 108 valence electrons. The third-order valence-corrected chi connectivity index (χ3v) is 3.24. The van der Waals surface area contributed by atoms with Crippen LogP contribution in [0.25, 0.3) is 0 Å².